The maximum atomic E-state index is 7.42. The Hall–Kier alpha value is -0.640. The van der Waals surface area contributed by atoms with Crippen molar-refractivity contribution in [3.63, 3.8) is 0 Å². The van der Waals surface area contributed by atoms with Gasteiger partial charge in [-0.05, 0) is 22.3 Å². The summed E-state index contributed by atoms with van der Waals surface area (Å²) in [6.45, 7) is -6.25. The van der Waals surface area contributed by atoms with Crippen molar-refractivity contribution in [1.82, 2.24) is 9.97 Å². The molecule has 0 aliphatic heterocycles. The van der Waals surface area contributed by atoms with Gasteiger partial charge in [-0.15, -0.1) is 0 Å². The number of aromatic nitrogens is 2. The summed E-state index contributed by atoms with van der Waals surface area (Å²) in [5.74, 6) is -0.317. The fourth-order valence-electron chi connectivity index (χ4n) is 0.453. The molecule has 0 aliphatic rings. The zero-order valence-electron chi connectivity index (χ0n) is 12.3. The van der Waals surface area contributed by atoms with Crippen LogP contribution >= 0.6 is 15.9 Å². The largest absolute Gasteiger partial charge is 0.477 e. The quantitative estimate of drug-likeness (QED) is 0.787. The molecule has 1 heterocycles. The van der Waals surface area contributed by atoms with Crippen LogP contribution in [-0.4, -0.2) is 16.5 Å². The van der Waals surface area contributed by atoms with Gasteiger partial charge < -0.3 is 4.74 Å². The smallest absolute Gasteiger partial charge is 0.233 e. The van der Waals surface area contributed by atoms with Crippen molar-refractivity contribution in [2.24, 2.45) is 0 Å². The van der Waals surface area contributed by atoms with Crippen molar-refractivity contribution in [2.45, 2.75) is 13.2 Å². The third-order valence-electron chi connectivity index (χ3n) is 0.790. The number of hydrogen-bond donors (Lipinski definition) is 0. The Morgan fingerprint density at radius 2 is 2.73 bits per heavy atom. The van der Waals surface area contributed by atoms with Crippen molar-refractivity contribution < 1.29 is 14.3 Å². The predicted molar refractivity (Wildman–Crippen MR) is 45.5 cm³/mol. The summed E-state index contributed by atoms with van der Waals surface area (Å²) in [5, 5.41) is 0. The van der Waals surface area contributed by atoms with Crippen LogP contribution in [0.25, 0.3) is 0 Å². The van der Waals surface area contributed by atoms with E-state index < -0.39 is 19.8 Å². The topological polar surface area (TPSA) is 35.0 Å². The number of nitrogens with zero attached hydrogens (tertiary/aromatic N) is 2. The second-order valence-corrected chi connectivity index (χ2v) is 2.32. The molecule has 60 valence electrons. The zero-order chi connectivity index (χ0) is 14.2. The highest BCUT2D eigenvalue weighted by Crippen LogP contribution is 2.09. The van der Waals surface area contributed by atoms with Gasteiger partial charge in [-0.2, -0.15) is 0 Å². The highest BCUT2D eigenvalue weighted by molar-refractivity contribution is 9.10. The minimum Gasteiger partial charge on any atom is -0.477 e. The van der Waals surface area contributed by atoms with Crippen LogP contribution in [0.2, 0.25) is 0 Å². The van der Waals surface area contributed by atoms with E-state index in [9.17, 15) is 0 Å². The first-order valence-corrected chi connectivity index (χ1v) is 3.43. The monoisotopic (exact) mass is 223 g/mol. The first-order valence-electron chi connectivity index (χ1n) is 6.14. The zero-order valence-corrected chi connectivity index (χ0v) is 6.92. The van der Waals surface area contributed by atoms with Crippen molar-refractivity contribution in [1.29, 1.82) is 0 Å². The lowest BCUT2D eigenvalue weighted by Crippen LogP contribution is -1.97. The summed E-state index contributed by atoms with van der Waals surface area (Å²) in [6, 6.07) is 0. The Labute approximate surface area is 83.8 Å². The summed E-state index contributed by atoms with van der Waals surface area (Å²) in [4.78, 5) is 7.34. The van der Waals surface area contributed by atoms with E-state index in [0.717, 1.165) is 6.20 Å². The fraction of sp³-hybridized carbons (Fsp3) is 0.429. The molecule has 0 saturated carbocycles. The molecule has 4 heteroatoms. The fourth-order valence-corrected chi connectivity index (χ4v) is 0.745. The van der Waals surface area contributed by atoms with Crippen LogP contribution in [0.4, 0.5) is 0 Å². The highest BCUT2D eigenvalue weighted by atomic mass is 79.9. The van der Waals surface area contributed by atoms with Crippen molar-refractivity contribution in [3.8, 4) is 5.88 Å². The summed E-state index contributed by atoms with van der Waals surface area (Å²) >= 11 is 2.98. The molecule has 0 atom stereocenters. The van der Waals surface area contributed by atoms with E-state index in [-0.39, 0.29) is 10.5 Å². The summed E-state index contributed by atoms with van der Waals surface area (Å²) in [7, 11) is 0. The highest BCUT2D eigenvalue weighted by Gasteiger charge is 1.94. The second-order valence-electron chi connectivity index (χ2n) is 1.51. The van der Waals surface area contributed by atoms with Gasteiger partial charge in [-0.25, -0.2) is 4.98 Å². The van der Waals surface area contributed by atoms with E-state index in [1.807, 2.05) is 0 Å². The molecular formula is C7H9BrN2O. The molecular weight excluding hydrogens is 208 g/mol. The van der Waals surface area contributed by atoms with E-state index in [1.165, 1.54) is 6.20 Å². The maximum absolute atomic E-state index is 7.42. The SMILES string of the molecule is [2H]C([2H])([2H])C([2H])([2H])C([2H])([2H])Oc1cncc(Br)n1. The Bertz CT molecular complexity index is 436. The van der Waals surface area contributed by atoms with Crippen molar-refractivity contribution in [3.05, 3.63) is 17.0 Å². The Balaban J connectivity index is 3.01. The minimum absolute atomic E-state index is 0.255. The molecule has 1 rings (SSSR count). The Morgan fingerprint density at radius 1 is 1.82 bits per heavy atom. The third-order valence-corrected chi connectivity index (χ3v) is 1.17. The van der Waals surface area contributed by atoms with Gasteiger partial charge in [0.15, 0.2) is 0 Å². The third kappa shape index (κ3) is 2.84. The molecule has 0 unspecified atom stereocenters. The first kappa shape index (κ1) is 3.01. The second kappa shape index (κ2) is 4.28. The number of hydrogen-bond acceptors (Lipinski definition) is 3. The minimum atomic E-state index is -3.19. The summed E-state index contributed by atoms with van der Waals surface area (Å²) < 4.78 is 55.4. The normalized spacial score (nSPS) is 22.8. The van der Waals surface area contributed by atoms with Gasteiger partial charge in [0.1, 0.15) is 4.60 Å². The Kier molecular flexibility index (Phi) is 1.17. The van der Waals surface area contributed by atoms with Crippen LogP contribution < -0.4 is 4.74 Å². The van der Waals surface area contributed by atoms with E-state index in [1.54, 1.807) is 0 Å². The van der Waals surface area contributed by atoms with Crippen LogP contribution in [0.15, 0.2) is 17.0 Å². The standard InChI is InChI=1S/C7H9BrN2O/c1-2-3-11-7-5-9-4-6(8)10-7/h4-5H,2-3H2,1H3/i1D3,2D2,3D2. The van der Waals surface area contributed by atoms with Crippen LogP contribution in [0.5, 0.6) is 5.88 Å². The first-order chi connectivity index (χ1) is 7.97. The van der Waals surface area contributed by atoms with Crippen LogP contribution in [-0.2, 0) is 0 Å². The molecule has 0 radical (unpaired) electrons. The van der Waals surface area contributed by atoms with Crippen molar-refractivity contribution >= 4 is 15.9 Å². The van der Waals surface area contributed by atoms with Gasteiger partial charge in [0.25, 0.3) is 0 Å². The van der Waals surface area contributed by atoms with Crippen LogP contribution in [0.1, 0.15) is 22.8 Å². The lowest BCUT2D eigenvalue weighted by molar-refractivity contribution is 0.303. The van der Waals surface area contributed by atoms with Crippen LogP contribution in [0, 0.1) is 0 Å². The lowest BCUT2D eigenvalue weighted by Gasteiger charge is -2.01. The number of halogens is 1. The molecule has 0 bridgehead atoms. The van der Waals surface area contributed by atoms with Gasteiger partial charge in [-0.1, -0.05) is 6.85 Å². The maximum Gasteiger partial charge on any atom is 0.233 e. The molecule has 0 saturated heterocycles. The Morgan fingerprint density at radius 3 is 3.45 bits per heavy atom. The molecule has 0 aliphatic carbocycles. The van der Waals surface area contributed by atoms with Gasteiger partial charge in [-0.3, -0.25) is 4.98 Å². The number of ether oxygens (including phenoxy) is 1. The molecule has 3 nitrogen and oxygen atoms in total. The van der Waals surface area contributed by atoms with Crippen molar-refractivity contribution in [2.75, 3.05) is 6.56 Å². The molecule has 1 aromatic rings. The molecule has 11 heavy (non-hydrogen) atoms. The summed E-state index contributed by atoms with van der Waals surface area (Å²) in [5.41, 5.74) is 0. The van der Waals surface area contributed by atoms with E-state index in [4.69, 9.17) is 9.60 Å². The lowest BCUT2D eigenvalue weighted by atomic mass is 10.5. The van der Waals surface area contributed by atoms with E-state index in [0.29, 0.717) is 0 Å². The molecule has 0 aromatic carbocycles. The summed E-state index contributed by atoms with van der Waals surface area (Å²) in [6.07, 6.45) is -0.816. The predicted octanol–water partition coefficient (Wildman–Crippen LogP) is 2.03. The van der Waals surface area contributed by atoms with Gasteiger partial charge in [0.2, 0.25) is 5.88 Å². The molecule has 0 fully saturated rings. The molecule has 0 spiro atoms. The molecule has 0 N–H and O–H groups in total. The van der Waals surface area contributed by atoms with Gasteiger partial charge >= 0.3 is 0 Å². The molecule has 0 amide bonds. The molecule has 1 aromatic heterocycles. The van der Waals surface area contributed by atoms with E-state index in [2.05, 4.69) is 30.6 Å². The van der Waals surface area contributed by atoms with E-state index >= 15 is 0 Å². The van der Waals surface area contributed by atoms with Gasteiger partial charge in [0, 0.05) is 6.85 Å². The van der Waals surface area contributed by atoms with Gasteiger partial charge in [0.05, 0.1) is 21.7 Å². The van der Waals surface area contributed by atoms with Crippen LogP contribution in [0.3, 0.4) is 0 Å². The average Bonchev–Trinajstić information content (AvgIpc) is 2.14. The number of rotatable bonds is 3. The average molecular weight is 224 g/mol.